The first-order valence-corrected chi connectivity index (χ1v) is 10.8. The van der Waals surface area contributed by atoms with Gasteiger partial charge in [0.15, 0.2) is 0 Å². The van der Waals surface area contributed by atoms with Gasteiger partial charge in [0.05, 0.1) is 17.6 Å². The Morgan fingerprint density at radius 2 is 1.90 bits per heavy atom. The molecule has 166 valence electrons. The number of amides is 2. The Hall–Kier alpha value is -3.09. The zero-order valence-corrected chi connectivity index (χ0v) is 18.7. The van der Waals surface area contributed by atoms with Crippen LogP contribution in [0, 0.1) is 19.8 Å². The highest BCUT2D eigenvalue weighted by molar-refractivity contribution is 6.00. The summed E-state index contributed by atoms with van der Waals surface area (Å²) in [5.41, 5.74) is 3.03. The standard InChI is InChI=1S/C24H31N3O4/c1-15(2)31-24(30)20-16(3)21(26-17(20)4)23(29)27-12-8-11-19(14-27)22(28)25-13-18-9-6-5-7-10-18/h5-7,9-10,15,19,26H,8,11-14H2,1-4H3,(H,25,28)/t19-/m1/s1. The summed E-state index contributed by atoms with van der Waals surface area (Å²) in [4.78, 5) is 43.0. The molecule has 0 unspecified atom stereocenters. The average molecular weight is 426 g/mol. The molecule has 2 heterocycles. The summed E-state index contributed by atoms with van der Waals surface area (Å²) in [6, 6.07) is 9.75. The predicted octanol–water partition coefficient (Wildman–Crippen LogP) is 3.37. The maximum Gasteiger partial charge on any atom is 0.340 e. The number of piperidine rings is 1. The van der Waals surface area contributed by atoms with Crippen molar-refractivity contribution in [2.24, 2.45) is 5.92 Å². The average Bonchev–Trinajstić information content (AvgIpc) is 3.05. The van der Waals surface area contributed by atoms with E-state index in [0.717, 1.165) is 18.4 Å². The number of hydrogen-bond donors (Lipinski definition) is 2. The van der Waals surface area contributed by atoms with E-state index in [4.69, 9.17) is 4.74 Å². The van der Waals surface area contributed by atoms with Gasteiger partial charge in [-0.1, -0.05) is 30.3 Å². The van der Waals surface area contributed by atoms with Crippen LogP contribution < -0.4 is 5.32 Å². The normalized spacial score (nSPS) is 16.3. The minimum Gasteiger partial charge on any atom is -0.459 e. The van der Waals surface area contributed by atoms with Crippen molar-refractivity contribution in [3.63, 3.8) is 0 Å². The Balaban J connectivity index is 1.67. The van der Waals surface area contributed by atoms with Gasteiger partial charge in [-0.25, -0.2) is 4.79 Å². The largest absolute Gasteiger partial charge is 0.459 e. The zero-order valence-electron chi connectivity index (χ0n) is 18.7. The molecule has 7 heteroatoms. The van der Waals surface area contributed by atoms with Crippen molar-refractivity contribution in [2.45, 2.75) is 53.2 Å². The number of aromatic nitrogens is 1. The summed E-state index contributed by atoms with van der Waals surface area (Å²) in [5, 5.41) is 2.98. The number of rotatable bonds is 6. The molecule has 0 radical (unpaired) electrons. The number of nitrogens with zero attached hydrogens (tertiary/aromatic N) is 1. The maximum atomic E-state index is 13.2. The van der Waals surface area contributed by atoms with Crippen LogP contribution in [0.5, 0.6) is 0 Å². The molecule has 1 aliphatic heterocycles. The number of benzene rings is 1. The molecule has 2 aromatic rings. The Morgan fingerprint density at radius 1 is 1.19 bits per heavy atom. The molecule has 3 rings (SSSR count). The van der Waals surface area contributed by atoms with E-state index in [1.165, 1.54) is 0 Å². The highest BCUT2D eigenvalue weighted by atomic mass is 16.5. The monoisotopic (exact) mass is 425 g/mol. The van der Waals surface area contributed by atoms with Crippen LogP contribution in [0.25, 0.3) is 0 Å². The molecule has 1 aromatic carbocycles. The fourth-order valence-electron chi connectivity index (χ4n) is 4.01. The van der Waals surface area contributed by atoms with Gasteiger partial charge in [0.25, 0.3) is 5.91 Å². The number of hydrogen-bond acceptors (Lipinski definition) is 4. The van der Waals surface area contributed by atoms with Gasteiger partial charge >= 0.3 is 5.97 Å². The van der Waals surface area contributed by atoms with E-state index in [1.54, 1.807) is 32.6 Å². The molecule has 0 bridgehead atoms. The Bertz CT molecular complexity index is 949. The SMILES string of the molecule is Cc1[nH]c(C(=O)N2CCC[C@@H](C(=O)NCc3ccccc3)C2)c(C)c1C(=O)OC(C)C. The Labute approximate surface area is 183 Å². The molecule has 0 saturated carbocycles. The van der Waals surface area contributed by atoms with Crippen molar-refractivity contribution in [2.75, 3.05) is 13.1 Å². The fraction of sp³-hybridized carbons (Fsp3) is 0.458. The zero-order chi connectivity index (χ0) is 22.5. The lowest BCUT2D eigenvalue weighted by molar-refractivity contribution is -0.126. The van der Waals surface area contributed by atoms with Crippen LogP contribution in [0.2, 0.25) is 0 Å². The molecule has 1 fully saturated rings. The smallest absolute Gasteiger partial charge is 0.340 e. The van der Waals surface area contributed by atoms with E-state index in [2.05, 4.69) is 10.3 Å². The molecule has 7 nitrogen and oxygen atoms in total. The van der Waals surface area contributed by atoms with Gasteiger partial charge in [0.1, 0.15) is 5.69 Å². The third kappa shape index (κ3) is 5.34. The first-order valence-electron chi connectivity index (χ1n) is 10.8. The number of H-pyrrole nitrogens is 1. The summed E-state index contributed by atoms with van der Waals surface area (Å²) in [7, 11) is 0. The number of nitrogens with one attached hydrogen (secondary N) is 2. The van der Waals surface area contributed by atoms with Crippen molar-refractivity contribution in [3.05, 3.63) is 58.4 Å². The predicted molar refractivity (Wildman–Crippen MR) is 118 cm³/mol. The van der Waals surface area contributed by atoms with Gasteiger partial charge in [-0.05, 0) is 51.7 Å². The summed E-state index contributed by atoms with van der Waals surface area (Å²) in [5.74, 6) is -0.910. The summed E-state index contributed by atoms with van der Waals surface area (Å²) in [6.45, 7) is 8.52. The van der Waals surface area contributed by atoms with Crippen LogP contribution in [0.15, 0.2) is 30.3 Å². The van der Waals surface area contributed by atoms with Crippen LogP contribution in [-0.4, -0.2) is 46.9 Å². The highest BCUT2D eigenvalue weighted by Gasteiger charge is 2.31. The third-order valence-corrected chi connectivity index (χ3v) is 5.59. The fourth-order valence-corrected chi connectivity index (χ4v) is 4.01. The van der Waals surface area contributed by atoms with Gasteiger partial charge in [-0.15, -0.1) is 0 Å². The lowest BCUT2D eigenvalue weighted by atomic mass is 9.96. The van der Waals surface area contributed by atoms with Crippen molar-refractivity contribution in [1.29, 1.82) is 0 Å². The lowest BCUT2D eigenvalue weighted by Gasteiger charge is -2.32. The van der Waals surface area contributed by atoms with Gasteiger partial charge in [0, 0.05) is 25.3 Å². The van der Waals surface area contributed by atoms with E-state index in [9.17, 15) is 14.4 Å². The third-order valence-electron chi connectivity index (χ3n) is 5.59. The minimum atomic E-state index is -0.433. The van der Waals surface area contributed by atoms with Gasteiger partial charge in [-0.2, -0.15) is 0 Å². The number of ether oxygens (including phenoxy) is 1. The highest BCUT2D eigenvalue weighted by Crippen LogP contribution is 2.24. The topological polar surface area (TPSA) is 91.5 Å². The molecule has 2 amide bonds. The second-order valence-corrected chi connectivity index (χ2v) is 8.37. The number of esters is 1. The van der Waals surface area contributed by atoms with Crippen LogP contribution in [-0.2, 0) is 16.1 Å². The second kappa shape index (κ2) is 9.81. The number of carbonyl (C=O) groups excluding carboxylic acids is 3. The van der Waals surface area contributed by atoms with Crippen molar-refractivity contribution in [3.8, 4) is 0 Å². The van der Waals surface area contributed by atoms with Crippen molar-refractivity contribution in [1.82, 2.24) is 15.2 Å². The molecule has 1 saturated heterocycles. The Kier molecular flexibility index (Phi) is 7.15. The second-order valence-electron chi connectivity index (χ2n) is 8.37. The van der Waals surface area contributed by atoms with Gasteiger partial charge < -0.3 is 19.9 Å². The van der Waals surface area contributed by atoms with Crippen LogP contribution in [0.3, 0.4) is 0 Å². The number of aromatic amines is 1. The summed E-state index contributed by atoms with van der Waals surface area (Å²) >= 11 is 0. The summed E-state index contributed by atoms with van der Waals surface area (Å²) in [6.07, 6.45) is 1.27. The molecule has 1 aromatic heterocycles. The molecule has 1 aliphatic rings. The van der Waals surface area contributed by atoms with Crippen molar-refractivity contribution >= 4 is 17.8 Å². The van der Waals surface area contributed by atoms with E-state index >= 15 is 0 Å². The van der Waals surface area contributed by atoms with Crippen molar-refractivity contribution < 1.29 is 19.1 Å². The summed E-state index contributed by atoms with van der Waals surface area (Å²) < 4.78 is 5.31. The van der Waals surface area contributed by atoms with Gasteiger partial charge in [-0.3, -0.25) is 9.59 Å². The van der Waals surface area contributed by atoms with E-state index < -0.39 is 5.97 Å². The van der Waals surface area contributed by atoms with Crippen LogP contribution in [0.4, 0.5) is 0 Å². The molecule has 1 atom stereocenters. The number of aryl methyl sites for hydroxylation is 1. The molecule has 31 heavy (non-hydrogen) atoms. The van der Waals surface area contributed by atoms with E-state index in [1.807, 2.05) is 30.3 Å². The Morgan fingerprint density at radius 3 is 2.58 bits per heavy atom. The lowest BCUT2D eigenvalue weighted by Crippen LogP contribution is -2.45. The molecule has 2 N–H and O–H groups in total. The first-order chi connectivity index (χ1) is 14.8. The van der Waals surface area contributed by atoms with Crippen LogP contribution in [0.1, 0.15) is 64.4 Å². The van der Waals surface area contributed by atoms with E-state index in [0.29, 0.717) is 42.1 Å². The quantitative estimate of drug-likeness (QED) is 0.694. The number of likely N-dealkylation sites (tertiary alicyclic amines) is 1. The molecule has 0 aliphatic carbocycles. The molecule has 0 spiro atoms. The number of carbonyl (C=O) groups is 3. The van der Waals surface area contributed by atoms with E-state index in [-0.39, 0.29) is 23.8 Å². The molecular formula is C24H31N3O4. The van der Waals surface area contributed by atoms with Gasteiger partial charge in [0.2, 0.25) is 5.91 Å². The molecular weight excluding hydrogens is 394 g/mol. The maximum absolute atomic E-state index is 13.2. The van der Waals surface area contributed by atoms with Crippen LogP contribution >= 0.6 is 0 Å². The first kappa shape index (κ1) is 22.6. The minimum absolute atomic E-state index is 0.0399.